The van der Waals surface area contributed by atoms with E-state index in [2.05, 4.69) is 31.4 Å². The Morgan fingerprint density at radius 1 is 1.24 bits per heavy atom. The van der Waals surface area contributed by atoms with Crippen molar-refractivity contribution in [2.45, 2.75) is 52.0 Å². The summed E-state index contributed by atoms with van der Waals surface area (Å²) in [5.74, 6) is -0.272. The van der Waals surface area contributed by atoms with Gasteiger partial charge in [0.1, 0.15) is 12.1 Å². The van der Waals surface area contributed by atoms with Crippen molar-refractivity contribution < 1.29 is 14.4 Å². The predicted octanol–water partition coefficient (Wildman–Crippen LogP) is 2.49. The Bertz CT molecular complexity index is 781. The van der Waals surface area contributed by atoms with Crippen LogP contribution in [0.5, 0.6) is 0 Å². The van der Waals surface area contributed by atoms with Crippen molar-refractivity contribution in [3.8, 4) is 0 Å². The molecule has 1 saturated carbocycles. The molecule has 1 saturated heterocycles. The molecule has 2 unspecified atom stereocenters. The number of nitrogens with zero attached hydrogens (tertiary/aromatic N) is 1. The summed E-state index contributed by atoms with van der Waals surface area (Å²) in [4.78, 5) is 38.8. The van der Waals surface area contributed by atoms with Crippen molar-refractivity contribution in [3.05, 3.63) is 29.8 Å². The Morgan fingerprint density at radius 2 is 1.90 bits per heavy atom. The molecule has 8 heteroatoms. The van der Waals surface area contributed by atoms with Crippen molar-refractivity contribution in [2.24, 2.45) is 11.3 Å². The summed E-state index contributed by atoms with van der Waals surface area (Å²) in [6, 6.07) is 6.99. The van der Waals surface area contributed by atoms with Gasteiger partial charge in [0.2, 0.25) is 5.91 Å². The minimum atomic E-state index is -0.873. The maximum Gasteiger partial charge on any atom is 0.325 e. The average Bonchev–Trinajstić information content (AvgIpc) is 2.78. The molecule has 1 aliphatic carbocycles. The molecule has 1 aliphatic heterocycles. The van der Waals surface area contributed by atoms with Crippen LogP contribution in [0, 0.1) is 11.3 Å². The highest BCUT2D eigenvalue weighted by atomic mass is 35.5. The molecule has 0 bridgehead atoms. The van der Waals surface area contributed by atoms with Crippen molar-refractivity contribution in [2.75, 3.05) is 18.8 Å². The van der Waals surface area contributed by atoms with Crippen LogP contribution in [0.4, 0.5) is 10.5 Å². The molecule has 160 valence electrons. The van der Waals surface area contributed by atoms with Gasteiger partial charge in [-0.1, -0.05) is 32.9 Å². The summed E-state index contributed by atoms with van der Waals surface area (Å²) >= 11 is 0. The Balaban J connectivity index is 0.00000300. The number of rotatable bonds is 5. The van der Waals surface area contributed by atoms with Gasteiger partial charge < -0.3 is 16.4 Å². The fourth-order valence-corrected chi connectivity index (χ4v) is 4.88. The van der Waals surface area contributed by atoms with E-state index in [1.54, 1.807) is 0 Å². The fourth-order valence-electron chi connectivity index (χ4n) is 4.88. The fraction of sp³-hybridized carbons (Fsp3) is 0.571. The molecule has 1 aromatic rings. The first-order valence-corrected chi connectivity index (χ1v) is 9.85. The molecule has 2 fully saturated rings. The molecule has 7 nitrogen and oxygen atoms in total. The minimum Gasteiger partial charge on any atom is -0.399 e. The highest BCUT2D eigenvalue weighted by Crippen LogP contribution is 2.46. The Kier molecular flexibility index (Phi) is 6.83. The van der Waals surface area contributed by atoms with Gasteiger partial charge in [-0.3, -0.25) is 14.5 Å². The number of hydrogen-bond donors (Lipinski definition) is 3. The lowest BCUT2D eigenvalue weighted by Gasteiger charge is -2.43. The zero-order chi connectivity index (χ0) is 20.5. The molecule has 4 N–H and O–H groups in total. The minimum absolute atomic E-state index is 0. The summed E-state index contributed by atoms with van der Waals surface area (Å²) in [5.41, 5.74) is 6.51. The molecular weight excluding hydrogens is 392 g/mol. The summed E-state index contributed by atoms with van der Waals surface area (Å²) in [7, 11) is 0. The van der Waals surface area contributed by atoms with Crippen LogP contribution < -0.4 is 16.4 Å². The van der Waals surface area contributed by atoms with E-state index < -0.39 is 11.6 Å². The first-order chi connectivity index (χ1) is 13.1. The van der Waals surface area contributed by atoms with Gasteiger partial charge in [-0.2, -0.15) is 0 Å². The molecule has 2 atom stereocenters. The van der Waals surface area contributed by atoms with E-state index in [0.29, 0.717) is 37.4 Å². The van der Waals surface area contributed by atoms with Crippen molar-refractivity contribution in [1.29, 1.82) is 0 Å². The molecule has 4 amide bonds. The lowest BCUT2D eigenvalue weighted by atomic mass is 9.64. The van der Waals surface area contributed by atoms with Gasteiger partial charge in [-0.25, -0.2) is 4.79 Å². The van der Waals surface area contributed by atoms with Crippen LogP contribution in [0.2, 0.25) is 0 Å². The third kappa shape index (κ3) is 5.21. The number of nitrogen functional groups attached to an aromatic ring is 1. The number of anilines is 1. The number of hydrogen-bond acceptors (Lipinski definition) is 4. The smallest absolute Gasteiger partial charge is 0.325 e. The van der Waals surface area contributed by atoms with Crippen LogP contribution in [-0.2, 0) is 16.0 Å². The van der Waals surface area contributed by atoms with Gasteiger partial charge in [-0.15, -0.1) is 12.4 Å². The third-order valence-electron chi connectivity index (χ3n) is 5.64. The molecule has 0 aromatic heterocycles. The molecule has 2 aliphatic rings. The molecule has 29 heavy (non-hydrogen) atoms. The summed E-state index contributed by atoms with van der Waals surface area (Å²) in [5, 5.41) is 5.68. The van der Waals surface area contributed by atoms with E-state index in [0.717, 1.165) is 16.9 Å². The van der Waals surface area contributed by atoms with E-state index in [9.17, 15) is 14.4 Å². The first-order valence-electron chi connectivity index (χ1n) is 9.85. The number of urea groups is 1. The molecular formula is C21H31ClN4O3. The van der Waals surface area contributed by atoms with E-state index >= 15 is 0 Å². The number of benzene rings is 1. The van der Waals surface area contributed by atoms with Crippen LogP contribution >= 0.6 is 12.4 Å². The second-order valence-corrected chi connectivity index (χ2v) is 9.10. The van der Waals surface area contributed by atoms with Crippen molar-refractivity contribution >= 4 is 35.9 Å². The standard InChI is InChI=1S/C21H30N4O3.ClH/c1-14-10-20(2,3)13-21(11-14)18(27)25(19(28)24-21)12-17(26)23-9-8-15-4-6-16(22)7-5-15;/h4-7,14H,8-13,22H2,1-3H3,(H,23,26)(H,24,28);1H. The first kappa shape index (κ1) is 23.0. The van der Waals surface area contributed by atoms with Gasteiger partial charge in [0.15, 0.2) is 0 Å². The second kappa shape index (κ2) is 8.61. The lowest BCUT2D eigenvalue weighted by molar-refractivity contribution is -0.137. The van der Waals surface area contributed by atoms with Crippen LogP contribution in [-0.4, -0.2) is 41.4 Å². The van der Waals surface area contributed by atoms with Crippen LogP contribution in [0.1, 0.15) is 45.6 Å². The zero-order valence-electron chi connectivity index (χ0n) is 17.3. The third-order valence-corrected chi connectivity index (χ3v) is 5.64. The summed E-state index contributed by atoms with van der Waals surface area (Å²) in [6.07, 6.45) is 2.89. The number of nitrogens with two attached hydrogens (primary N) is 1. The van der Waals surface area contributed by atoms with Gasteiger partial charge in [-0.05, 0) is 54.7 Å². The van der Waals surface area contributed by atoms with Crippen LogP contribution in [0.3, 0.4) is 0 Å². The molecule has 1 heterocycles. The SMILES string of the molecule is CC1CC(C)(C)CC2(C1)NC(=O)N(CC(=O)NCCc1ccc(N)cc1)C2=O.Cl. The highest BCUT2D eigenvalue weighted by molar-refractivity contribution is 6.09. The van der Waals surface area contributed by atoms with E-state index in [1.807, 2.05) is 24.3 Å². The zero-order valence-corrected chi connectivity index (χ0v) is 18.1. The van der Waals surface area contributed by atoms with Crippen molar-refractivity contribution in [1.82, 2.24) is 15.5 Å². The molecule has 1 aromatic carbocycles. The van der Waals surface area contributed by atoms with Gasteiger partial charge >= 0.3 is 6.03 Å². The monoisotopic (exact) mass is 422 g/mol. The highest BCUT2D eigenvalue weighted by Gasteiger charge is 2.56. The van der Waals surface area contributed by atoms with Crippen molar-refractivity contribution in [3.63, 3.8) is 0 Å². The number of amides is 4. The quantitative estimate of drug-likeness (QED) is 0.500. The van der Waals surface area contributed by atoms with Crippen LogP contribution in [0.25, 0.3) is 0 Å². The van der Waals surface area contributed by atoms with E-state index in [1.165, 1.54) is 0 Å². The predicted molar refractivity (Wildman–Crippen MR) is 115 cm³/mol. The Hall–Kier alpha value is -2.28. The lowest BCUT2D eigenvalue weighted by Crippen LogP contribution is -2.54. The van der Waals surface area contributed by atoms with Crippen LogP contribution in [0.15, 0.2) is 24.3 Å². The summed E-state index contributed by atoms with van der Waals surface area (Å²) in [6.45, 7) is 6.53. The van der Waals surface area contributed by atoms with Gasteiger partial charge in [0.25, 0.3) is 5.91 Å². The number of imide groups is 1. The van der Waals surface area contributed by atoms with E-state index in [4.69, 9.17) is 5.73 Å². The Morgan fingerprint density at radius 3 is 2.52 bits per heavy atom. The summed E-state index contributed by atoms with van der Waals surface area (Å²) < 4.78 is 0. The maximum absolute atomic E-state index is 13.0. The van der Waals surface area contributed by atoms with Gasteiger partial charge in [0.05, 0.1) is 0 Å². The number of halogens is 1. The average molecular weight is 423 g/mol. The normalized spacial score (nSPS) is 25.5. The van der Waals surface area contributed by atoms with Gasteiger partial charge in [0, 0.05) is 12.2 Å². The number of carbonyl (C=O) groups is 3. The van der Waals surface area contributed by atoms with E-state index in [-0.39, 0.29) is 36.2 Å². The molecule has 0 radical (unpaired) electrons. The number of carbonyl (C=O) groups excluding carboxylic acids is 3. The maximum atomic E-state index is 13.0. The number of nitrogens with one attached hydrogen (secondary N) is 2. The topological polar surface area (TPSA) is 105 Å². The molecule has 1 spiro atoms. The largest absolute Gasteiger partial charge is 0.399 e. The molecule has 3 rings (SSSR count). The Labute approximate surface area is 178 Å². The second-order valence-electron chi connectivity index (χ2n) is 9.10.